The molecule has 0 aliphatic carbocycles. The summed E-state index contributed by atoms with van der Waals surface area (Å²) in [4.78, 5) is 9.99. The third kappa shape index (κ3) is 18.8. The summed E-state index contributed by atoms with van der Waals surface area (Å²) in [5.74, 6) is 12.8. The molecule has 22 heavy (non-hydrogen) atoms. The van der Waals surface area contributed by atoms with Crippen LogP contribution in [0.5, 0.6) is 0 Å². The van der Waals surface area contributed by atoms with E-state index in [1.54, 1.807) is 0 Å². The summed E-state index contributed by atoms with van der Waals surface area (Å²) < 4.78 is 0. The highest BCUT2D eigenvalue weighted by Crippen LogP contribution is 2.09. The van der Waals surface area contributed by atoms with Crippen LogP contribution in [0.4, 0.5) is 0 Å². The number of hydrogen-bond acceptors (Lipinski definition) is 1. The van der Waals surface area contributed by atoms with Gasteiger partial charge in [0.2, 0.25) is 0 Å². The summed E-state index contributed by atoms with van der Waals surface area (Å²) in [6.45, 7) is 4.57. The van der Waals surface area contributed by atoms with Crippen LogP contribution in [0.3, 0.4) is 0 Å². The van der Waals surface area contributed by atoms with E-state index in [-0.39, 0.29) is 0 Å². The Morgan fingerprint density at radius 3 is 1.64 bits per heavy atom. The Morgan fingerprint density at radius 2 is 1.14 bits per heavy atom. The quantitative estimate of drug-likeness (QED) is 0.248. The summed E-state index contributed by atoms with van der Waals surface area (Å²) in [5.41, 5.74) is 0. The van der Waals surface area contributed by atoms with Crippen molar-refractivity contribution in [1.82, 2.24) is 0 Å². The Morgan fingerprint density at radius 1 is 0.682 bits per heavy atom. The van der Waals surface area contributed by atoms with Gasteiger partial charge in [0.1, 0.15) is 0 Å². The normalized spacial score (nSPS) is 9.77. The summed E-state index contributed by atoms with van der Waals surface area (Å²) in [7, 11) is 0. The average molecular weight is 303 g/mol. The molecule has 0 aromatic rings. The molecule has 0 aliphatic heterocycles. The Bertz CT molecular complexity index is 359. The molecular weight excluding hydrogens is 268 g/mol. The van der Waals surface area contributed by atoms with Crippen molar-refractivity contribution in [2.24, 2.45) is 5.92 Å². The monoisotopic (exact) mass is 302 g/mol. The largest absolute Gasteiger partial charge is 0.289 e. The van der Waals surface area contributed by atoms with Gasteiger partial charge in [-0.25, -0.2) is 0 Å². The second-order valence-corrected chi connectivity index (χ2v) is 6.41. The predicted molar refractivity (Wildman–Crippen MR) is 96.5 cm³/mol. The lowest BCUT2D eigenvalue weighted by Crippen LogP contribution is -1.86. The van der Waals surface area contributed by atoms with E-state index in [0.29, 0.717) is 6.29 Å². The van der Waals surface area contributed by atoms with E-state index in [9.17, 15) is 4.79 Å². The second kappa shape index (κ2) is 17.8. The van der Waals surface area contributed by atoms with Crippen molar-refractivity contribution in [2.75, 3.05) is 0 Å². The fourth-order valence-corrected chi connectivity index (χ4v) is 2.37. The molecule has 0 amide bonds. The maximum Gasteiger partial charge on any atom is 0.192 e. The average Bonchev–Trinajstić information content (AvgIpc) is 2.50. The Labute approximate surface area is 138 Å². The van der Waals surface area contributed by atoms with E-state index >= 15 is 0 Å². The highest BCUT2D eigenvalue weighted by atomic mass is 16.1. The zero-order valence-corrected chi connectivity index (χ0v) is 14.8. The molecule has 0 fully saturated rings. The van der Waals surface area contributed by atoms with Crippen molar-refractivity contribution in [3.8, 4) is 23.7 Å². The molecule has 0 bridgehead atoms. The van der Waals surface area contributed by atoms with Crippen LogP contribution in [0.2, 0.25) is 0 Å². The molecule has 0 aliphatic rings. The number of unbranched alkanes of at least 4 members (excludes halogenated alkanes) is 10. The molecule has 0 rings (SSSR count). The van der Waals surface area contributed by atoms with Gasteiger partial charge < -0.3 is 0 Å². The lowest BCUT2D eigenvalue weighted by Gasteiger charge is -2.01. The molecule has 0 aromatic heterocycles. The first-order valence-electron chi connectivity index (χ1n) is 9.15. The highest BCUT2D eigenvalue weighted by Gasteiger charge is 1.92. The molecule has 1 heteroatoms. The topological polar surface area (TPSA) is 17.1 Å². The smallest absolute Gasteiger partial charge is 0.192 e. The van der Waals surface area contributed by atoms with E-state index in [2.05, 4.69) is 37.5 Å². The van der Waals surface area contributed by atoms with Gasteiger partial charge in [-0.05, 0) is 31.1 Å². The third-order valence-electron chi connectivity index (χ3n) is 3.72. The minimum absolute atomic E-state index is 0.675. The first-order valence-corrected chi connectivity index (χ1v) is 9.15. The molecule has 0 saturated carbocycles. The first kappa shape index (κ1) is 20.8. The molecule has 1 nitrogen and oxygen atoms in total. The minimum Gasteiger partial charge on any atom is -0.289 e. The summed E-state index contributed by atoms with van der Waals surface area (Å²) >= 11 is 0. The molecule has 0 N–H and O–H groups in total. The van der Waals surface area contributed by atoms with Crippen molar-refractivity contribution in [2.45, 2.75) is 97.3 Å². The molecule has 0 heterocycles. The predicted octanol–water partition coefficient (Wildman–Crippen LogP) is 5.92. The summed E-state index contributed by atoms with van der Waals surface area (Å²) in [6.07, 6.45) is 16.5. The number of carbonyl (C=O) groups is 1. The fraction of sp³-hybridized carbons (Fsp3) is 0.762. The number of hydrogen-bond donors (Lipinski definition) is 0. The van der Waals surface area contributed by atoms with Crippen LogP contribution in [0.1, 0.15) is 97.3 Å². The van der Waals surface area contributed by atoms with Crippen molar-refractivity contribution >= 4 is 6.29 Å². The van der Waals surface area contributed by atoms with Crippen LogP contribution in [0.25, 0.3) is 0 Å². The van der Waals surface area contributed by atoms with E-state index in [0.717, 1.165) is 31.6 Å². The van der Waals surface area contributed by atoms with Gasteiger partial charge in [-0.15, -0.1) is 11.8 Å². The standard InChI is InChI=1S/C21H34O/c1-21(2)19-17-15-13-11-9-7-5-3-4-6-8-10-12-14-16-18-20-22/h20-21H,3-8,10,12-15,17,19H2,1-2H3. The highest BCUT2D eigenvalue weighted by molar-refractivity contribution is 5.72. The lowest BCUT2D eigenvalue weighted by molar-refractivity contribution is -0.103. The van der Waals surface area contributed by atoms with E-state index < -0.39 is 0 Å². The van der Waals surface area contributed by atoms with Crippen LogP contribution >= 0.6 is 0 Å². The SMILES string of the molecule is CC(C)CCCCC#CCCCCCCCCCC#CC=O. The number of rotatable bonds is 12. The van der Waals surface area contributed by atoms with Crippen LogP contribution in [-0.2, 0) is 4.79 Å². The van der Waals surface area contributed by atoms with Crippen LogP contribution in [0.15, 0.2) is 0 Å². The van der Waals surface area contributed by atoms with Gasteiger partial charge in [-0.2, -0.15) is 0 Å². The van der Waals surface area contributed by atoms with Gasteiger partial charge in [-0.3, -0.25) is 4.79 Å². The Hall–Kier alpha value is -1.21. The third-order valence-corrected chi connectivity index (χ3v) is 3.72. The van der Waals surface area contributed by atoms with Crippen molar-refractivity contribution in [3.05, 3.63) is 0 Å². The number of aldehydes is 1. The van der Waals surface area contributed by atoms with Crippen LogP contribution in [0, 0.1) is 29.6 Å². The van der Waals surface area contributed by atoms with Crippen molar-refractivity contribution in [3.63, 3.8) is 0 Å². The van der Waals surface area contributed by atoms with Crippen LogP contribution < -0.4 is 0 Å². The summed E-state index contributed by atoms with van der Waals surface area (Å²) in [5, 5.41) is 0. The molecule has 124 valence electrons. The molecule has 0 spiro atoms. The molecule has 0 aromatic carbocycles. The molecule has 0 atom stereocenters. The van der Waals surface area contributed by atoms with Gasteiger partial charge in [0.25, 0.3) is 0 Å². The van der Waals surface area contributed by atoms with Gasteiger partial charge in [0.15, 0.2) is 6.29 Å². The lowest BCUT2D eigenvalue weighted by atomic mass is 10.1. The molecular formula is C21H34O. The van der Waals surface area contributed by atoms with Crippen LogP contribution in [-0.4, -0.2) is 6.29 Å². The van der Waals surface area contributed by atoms with E-state index in [4.69, 9.17) is 0 Å². The Kier molecular flexibility index (Phi) is 16.9. The van der Waals surface area contributed by atoms with E-state index in [1.165, 1.54) is 57.8 Å². The zero-order chi connectivity index (χ0) is 16.3. The maximum absolute atomic E-state index is 9.99. The van der Waals surface area contributed by atoms with Gasteiger partial charge in [0.05, 0.1) is 0 Å². The van der Waals surface area contributed by atoms with Gasteiger partial charge >= 0.3 is 0 Å². The number of carbonyl (C=O) groups excluding carboxylic acids is 1. The fourth-order valence-electron chi connectivity index (χ4n) is 2.37. The minimum atomic E-state index is 0.675. The van der Waals surface area contributed by atoms with Gasteiger partial charge in [0, 0.05) is 19.3 Å². The zero-order valence-electron chi connectivity index (χ0n) is 14.8. The second-order valence-electron chi connectivity index (χ2n) is 6.41. The van der Waals surface area contributed by atoms with Crippen molar-refractivity contribution < 1.29 is 4.79 Å². The summed E-state index contributed by atoms with van der Waals surface area (Å²) in [6, 6.07) is 0. The molecule has 0 unspecified atom stereocenters. The van der Waals surface area contributed by atoms with E-state index in [1.807, 2.05) is 0 Å². The van der Waals surface area contributed by atoms with Crippen molar-refractivity contribution in [1.29, 1.82) is 0 Å². The molecule has 0 saturated heterocycles. The maximum atomic E-state index is 9.99. The first-order chi connectivity index (χ1) is 10.8. The Balaban J connectivity index is 3.15. The molecule has 0 radical (unpaired) electrons. The van der Waals surface area contributed by atoms with Gasteiger partial charge in [-0.1, -0.05) is 64.7 Å².